The number of likely N-dealkylation sites (N-methyl/N-ethyl adjacent to an activating group) is 1. The summed E-state index contributed by atoms with van der Waals surface area (Å²) >= 11 is 5.73. The molecule has 0 saturated carbocycles. The minimum atomic E-state index is -0.588. The molecule has 0 spiro atoms. The standard InChI is InChI=1S/C14H18ClN3O3/c1-2-17-7-3-4-11(17)9-16-14(19)10-5-6-12(15)13(8-10)18(20)21/h5-6,8,11H,2-4,7,9H2,1H3,(H,16,19)/t11-/m1/s1. The number of nitrogens with zero attached hydrogens (tertiary/aromatic N) is 2. The van der Waals surface area contributed by atoms with Crippen LogP contribution in [0.25, 0.3) is 0 Å². The molecule has 2 rings (SSSR count). The molecule has 21 heavy (non-hydrogen) atoms. The van der Waals surface area contributed by atoms with Crippen molar-refractivity contribution in [2.24, 2.45) is 0 Å². The quantitative estimate of drug-likeness (QED) is 0.669. The number of amides is 1. The maximum atomic E-state index is 12.1. The fourth-order valence-corrected chi connectivity index (χ4v) is 2.84. The molecular formula is C14H18ClN3O3. The number of nitrogens with one attached hydrogen (secondary N) is 1. The van der Waals surface area contributed by atoms with Crippen molar-refractivity contribution in [3.8, 4) is 0 Å². The summed E-state index contributed by atoms with van der Waals surface area (Å²) < 4.78 is 0. The minimum Gasteiger partial charge on any atom is -0.350 e. The molecule has 6 nitrogen and oxygen atoms in total. The Morgan fingerprint density at radius 3 is 3.00 bits per heavy atom. The van der Waals surface area contributed by atoms with Crippen LogP contribution in [0.5, 0.6) is 0 Å². The summed E-state index contributed by atoms with van der Waals surface area (Å²) in [6.07, 6.45) is 2.20. The van der Waals surface area contributed by atoms with Crippen molar-refractivity contribution in [3.63, 3.8) is 0 Å². The van der Waals surface area contributed by atoms with Crippen LogP contribution in [0.1, 0.15) is 30.1 Å². The van der Waals surface area contributed by atoms with Crippen LogP contribution in [0.3, 0.4) is 0 Å². The molecule has 0 bridgehead atoms. The number of nitro groups is 1. The molecule has 1 fully saturated rings. The van der Waals surface area contributed by atoms with Gasteiger partial charge in [0.1, 0.15) is 5.02 Å². The van der Waals surface area contributed by atoms with E-state index >= 15 is 0 Å². The lowest BCUT2D eigenvalue weighted by Crippen LogP contribution is -2.40. The lowest BCUT2D eigenvalue weighted by molar-refractivity contribution is -0.384. The number of likely N-dealkylation sites (tertiary alicyclic amines) is 1. The molecule has 1 aromatic carbocycles. The molecule has 1 aliphatic rings. The second kappa shape index (κ2) is 6.87. The topological polar surface area (TPSA) is 75.5 Å². The number of halogens is 1. The van der Waals surface area contributed by atoms with Gasteiger partial charge in [0.2, 0.25) is 0 Å². The lowest BCUT2D eigenvalue weighted by Gasteiger charge is -2.22. The van der Waals surface area contributed by atoms with E-state index in [9.17, 15) is 14.9 Å². The molecule has 0 unspecified atom stereocenters. The average molecular weight is 312 g/mol. The van der Waals surface area contributed by atoms with Crippen molar-refractivity contribution in [2.75, 3.05) is 19.6 Å². The number of benzene rings is 1. The van der Waals surface area contributed by atoms with E-state index in [-0.39, 0.29) is 22.2 Å². The van der Waals surface area contributed by atoms with Gasteiger partial charge < -0.3 is 5.32 Å². The van der Waals surface area contributed by atoms with Crippen LogP contribution >= 0.6 is 11.6 Å². The molecule has 1 amide bonds. The van der Waals surface area contributed by atoms with E-state index in [0.717, 1.165) is 25.9 Å². The van der Waals surface area contributed by atoms with Gasteiger partial charge in [-0.15, -0.1) is 0 Å². The maximum Gasteiger partial charge on any atom is 0.288 e. The molecule has 1 heterocycles. The first-order valence-electron chi connectivity index (χ1n) is 6.99. The predicted molar refractivity (Wildman–Crippen MR) is 80.7 cm³/mol. The molecule has 1 atom stereocenters. The summed E-state index contributed by atoms with van der Waals surface area (Å²) in [6.45, 7) is 4.68. The Kier molecular flexibility index (Phi) is 5.14. The zero-order valence-electron chi connectivity index (χ0n) is 11.8. The van der Waals surface area contributed by atoms with E-state index in [0.29, 0.717) is 12.6 Å². The first kappa shape index (κ1) is 15.7. The van der Waals surface area contributed by atoms with Gasteiger partial charge in [-0.05, 0) is 38.1 Å². The third-order valence-corrected chi connectivity index (χ3v) is 4.13. The third kappa shape index (κ3) is 3.71. The normalized spacial score (nSPS) is 18.7. The maximum absolute atomic E-state index is 12.1. The van der Waals surface area contributed by atoms with Gasteiger partial charge in [0.15, 0.2) is 0 Å². The monoisotopic (exact) mass is 311 g/mol. The van der Waals surface area contributed by atoms with E-state index in [2.05, 4.69) is 17.1 Å². The number of hydrogen-bond donors (Lipinski definition) is 1. The van der Waals surface area contributed by atoms with Gasteiger partial charge in [-0.1, -0.05) is 18.5 Å². The van der Waals surface area contributed by atoms with Crippen LogP contribution in [0.4, 0.5) is 5.69 Å². The largest absolute Gasteiger partial charge is 0.350 e. The minimum absolute atomic E-state index is 0.0319. The second-order valence-corrected chi connectivity index (χ2v) is 5.47. The van der Waals surface area contributed by atoms with Crippen LogP contribution in [0.2, 0.25) is 5.02 Å². The van der Waals surface area contributed by atoms with Crippen molar-refractivity contribution in [1.29, 1.82) is 0 Å². The van der Waals surface area contributed by atoms with Crippen molar-refractivity contribution in [1.82, 2.24) is 10.2 Å². The Labute approximate surface area is 128 Å². The first-order chi connectivity index (χ1) is 10.0. The SMILES string of the molecule is CCN1CCC[C@@H]1CNC(=O)c1ccc(Cl)c([N+](=O)[O-])c1. The molecule has 1 aliphatic heterocycles. The van der Waals surface area contributed by atoms with Crippen LogP contribution in [-0.4, -0.2) is 41.4 Å². The van der Waals surface area contributed by atoms with Crippen LogP contribution in [0, 0.1) is 10.1 Å². The Balaban J connectivity index is 2.00. The number of carbonyl (C=O) groups excluding carboxylic acids is 1. The molecule has 0 radical (unpaired) electrons. The van der Waals surface area contributed by atoms with Crippen LogP contribution < -0.4 is 5.32 Å². The van der Waals surface area contributed by atoms with E-state index in [4.69, 9.17) is 11.6 Å². The van der Waals surface area contributed by atoms with E-state index in [1.54, 1.807) is 0 Å². The average Bonchev–Trinajstić information content (AvgIpc) is 2.92. The molecule has 1 N–H and O–H groups in total. The highest BCUT2D eigenvalue weighted by Crippen LogP contribution is 2.25. The van der Waals surface area contributed by atoms with Crippen LogP contribution in [-0.2, 0) is 0 Å². The zero-order valence-corrected chi connectivity index (χ0v) is 12.6. The van der Waals surface area contributed by atoms with Crippen molar-refractivity contribution in [3.05, 3.63) is 38.9 Å². The van der Waals surface area contributed by atoms with Gasteiger partial charge in [0, 0.05) is 24.2 Å². The summed E-state index contributed by atoms with van der Waals surface area (Å²) in [5.41, 5.74) is 0.00696. The summed E-state index contributed by atoms with van der Waals surface area (Å²) in [5, 5.41) is 13.7. The second-order valence-electron chi connectivity index (χ2n) is 5.06. The van der Waals surface area contributed by atoms with E-state index < -0.39 is 4.92 Å². The third-order valence-electron chi connectivity index (χ3n) is 3.81. The molecule has 114 valence electrons. The molecule has 1 saturated heterocycles. The lowest BCUT2D eigenvalue weighted by atomic mass is 10.1. The highest BCUT2D eigenvalue weighted by molar-refractivity contribution is 6.32. The summed E-state index contributed by atoms with van der Waals surface area (Å²) in [4.78, 5) is 24.7. The van der Waals surface area contributed by atoms with E-state index in [1.165, 1.54) is 18.2 Å². The van der Waals surface area contributed by atoms with Crippen molar-refractivity contribution < 1.29 is 9.72 Å². The molecule has 0 aromatic heterocycles. The number of hydrogen-bond acceptors (Lipinski definition) is 4. The Morgan fingerprint density at radius 2 is 2.33 bits per heavy atom. The smallest absolute Gasteiger partial charge is 0.288 e. The van der Waals surface area contributed by atoms with Gasteiger partial charge in [0.05, 0.1) is 4.92 Å². The molecular weight excluding hydrogens is 294 g/mol. The van der Waals surface area contributed by atoms with Crippen LogP contribution in [0.15, 0.2) is 18.2 Å². The Morgan fingerprint density at radius 1 is 1.57 bits per heavy atom. The van der Waals surface area contributed by atoms with E-state index in [1.807, 2.05) is 0 Å². The summed E-state index contributed by atoms with van der Waals surface area (Å²) in [7, 11) is 0. The fraction of sp³-hybridized carbons (Fsp3) is 0.500. The number of rotatable bonds is 5. The molecule has 0 aliphatic carbocycles. The van der Waals surface area contributed by atoms with Gasteiger partial charge >= 0.3 is 0 Å². The van der Waals surface area contributed by atoms with Gasteiger partial charge in [0.25, 0.3) is 11.6 Å². The predicted octanol–water partition coefficient (Wildman–Crippen LogP) is 2.46. The zero-order chi connectivity index (χ0) is 15.4. The van der Waals surface area contributed by atoms with Gasteiger partial charge in [-0.3, -0.25) is 19.8 Å². The molecule has 7 heteroatoms. The fourth-order valence-electron chi connectivity index (χ4n) is 2.65. The number of carbonyl (C=O) groups is 1. The Hall–Kier alpha value is -1.66. The van der Waals surface area contributed by atoms with Gasteiger partial charge in [-0.25, -0.2) is 0 Å². The first-order valence-corrected chi connectivity index (χ1v) is 7.37. The van der Waals surface area contributed by atoms with Gasteiger partial charge in [-0.2, -0.15) is 0 Å². The Bertz CT molecular complexity index is 550. The van der Waals surface area contributed by atoms with Crippen molar-refractivity contribution in [2.45, 2.75) is 25.8 Å². The summed E-state index contributed by atoms with van der Waals surface area (Å²) in [5.74, 6) is -0.308. The summed E-state index contributed by atoms with van der Waals surface area (Å²) in [6, 6.07) is 4.43. The number of nitro benzene ring substituents is 1. The highest BCUT2D eigenvalue weighted by atomic mass is 35.5. The highest BCUT2D eigenvalue weighted by Gasteiger charge is 2.23. The van der Waals surface area contributed by atoms with Crippen molar-refractivity contribution >= 4 is 23.2 Å². The molecule has 1 aromatic rings.